The Labute approximate surface area is 489 Å². The topological polar surface area (TPSA) is 95.9 Å². The van der Waals surface area contributed by atoms with Gasteiger partial charge < -0.3 is 20.3 Å². The van der Waals surface area contributed by atoms with Crippen molar-refractivity contribution in [1.82, 2.24) is 5.32 Å². The van der Waals surface area contributed by atoms with Crippen molar-refractivity contribution in [3.05, 3.63) is 12.2 Å². The van der Waals surface area contributed by atoms with Crippen LogP contribution in [0.25, 0.3) is 0 Å². The molecule has 78 heavy (non-hydrogen) atoms. The van der Waals surface area contributed by atoms with E-state index in [0.717, 1.165) is 38.5 Å². The lowest BCUT2D eigenvalue weighted by Gasteiger charge is -2.20. The van der Waals surface area contributed by atoms with E-state index in [1.807, 2.05) is 6.08 Å². The minimum Gasteiger partial charge on any atom is -0.466 e. The number of ether oxygens (including phenoxy) is 1. The second kappa shape index (κ2) is 68.1. The van der Waals surface area contributed by atoms with Crippen LogP contribution in [0, 0.1) is 0 Å². The average Bonchev–Trinajstić information content (AvgIpc) is 3.44. The maximum atomic E-state index is 12.5. The summed E-state index contributed by atoms with van der Waals surface area (Å²) in [5.41, 5.74) is 0. The van der Waals surface area contributed by atoms with Crippen LogP contribution in [0.1, 0.15) is 412 Å². The van der Waals surface area contributed by atoms with E-state index in [4.69, 9.17) is 4.74 Å². The van der Waals surface area contributed by atoms with Gasteiger partial charge in [0.25, 0.3) is 0 Å². The van der Waals surface area contributed by atoms with Crippen LogP contribution in [0.3, 0.4) is 0 Å². The van der Waals surface area contributed by atoms with Crippen molar-refractivity contribution < 1.29 is 24.5 Å². The van der Waals surface area contributed by atoms with Gasteiger partial charge >= 0.3 is 5.97 Å². The van der Waals surface area contributed by atoms with Crippen molar-refractivity contribution in [3.63, 3.8) is 0 Å². The number of aliphatic hydroxyl groups is 2. The molecule has 0 aliphatic rings. The molecule has 0 aliphatic carbocycles. The highest BCUT2D eigenvalue weighted by atomic mass is 16.5. The summed E-state index contributed by atoms with van der Waals surface area (Å²) in [6.07, 6.45) is 84.4. The number of amides is 1. The summed E-state index contributed by atoms with van der Waals surface area (Å²) >= 11 is 0. The number of hydrogen-bond acceptors (Lipinski definition) is 5. The van der Waals surface area contributed by atoms with Gasteiger partial charge in [-0.3, -0.25) is 9.59 Å². The lowest BCUT2D eigenvalue weighted by atomic mass is 10.0. The van der Waals surface area contributed by atoms with Crippen molar-refractivity contribution in [2.45, 2.75) is 424 Å². The number of allylic oxidation sites excluding steroid dienone is 1. The molecule has 0 aromatic heterocycles. The second-order valence-electron chi connectivity index (χ2n) is 24.9. The minimum atomic E-state index is -0.841. The van der Waals surface area contributed by atoms with Crippen LogP contribution in [-0.2, 0) is 14.3 Å². The molecule has 6 heteroatoms. The Hall–Kier alpha value is -1.40. The second-order valence-corrected chi connectivity index (χ2v) is 24.9. The van der Waals surface area contributed by atoms with Crippen molar-refractivity contribution >= 4 is 11.9 Å². The summed E-state index contributed by atoms with van der Waals surface area (Å²) in [5, 5.41) is 23.2. The molecule has 3 N–H and O–H groups in total. The Morgan fingerprint density at radius 3 is 0.872 bits per heavy atom. The highest BCUT2D eigenvalue weighted by Gasteiger charge is 2.18. The molecular weight excluding hydrogens is 959 g/mol. The third-order valence-corrected chi connectivity index (χ3v) is 17.1. The average molecular weight is 1100 g/mol. The molecule has 1 amide bonds. The molecule has 0 heterocycles. The van der Waals surface area contributed by atoms with Crippen LogP contribution in [0.15, 0.2) is 12.2 Å². The van der Waals surface area contributed by atoms with Crippen molar-refractivity contribution in [3.8, 4) is 0 Å². The molecule has 0 aliphatic heterocycles. The highest BCUT2D eigenvalue weighted by molar-refractivity contribution is 5.76. The van der Waals surface area contributed by atoms with Gasteiger partial charge in [0, 0.05) is 12.8 Å². The first-order chi connectivity index (χ1) is 38.5. The summed E-state index contributed by atoms with van der Waals surface area (Å²) in [4.78, 5) is 24.6. The summed E-state index contributed by atoms with van der Waals surface area (Å²) in [7, 11) is 0. The molecule has 0 rings (SSSR count). The largest absolute Gasteiger partial charge is 0.466 e. The van der Waals surface area contributed by atoms with Gasteiger partial charge in [0.15, 0.2) is 0 Å². The minimum absolute atomic E-state index is 0.0239. The Bertz CT molecular complexity index is 1180. The quantitative estimate of drug-likeness (QED) is 0.0320. The maximum Gasteiger partial charge on any atom is 0.305 e. The highest BCUT2D eigenvalue weighted by Crippen LogP contribution is 2.19. The predicted octanol–water partition coefficient (Wildman–Crippen LogP) is 23.1. The molecule has 2 atom stereocenters. The number of unbranched alkanes of at least 4 members (excludes halogenated alkanes) is 57. The van der Waals surface area contributed by atoms with E-state index < -0.39 is 12.1 Å². The molecular formula is C72H141NO5. The van der Waals surface area contributed by atoms with Gasteiger partial charge in [-0.15, -0.1) is 0 Å². The van der Waals surface area contributed by atoms with Crippen LogP contribution in [-0.4, -0.2) is 47.4 Å². The fraction of sp³-hybridized carbons (Fsp3) is 0.944. The predicted molar refractivity (Wildman–Crippen MR) is 343 cm³/mol. The third kappa shape index (κ3) is 63.8. The van der Waals surface area contributed by atoms with Gasteiger partial charge in [-0.2, -0.15) is 0 Å². The standard InChI is InChI=1S/C72H141NO5/c1-3-5-7-9-11-13-15-17-19-20-34-38-42-46-50-54-58-62-66-72(77)78-67-63-59-55-51-47-43-39-35-32-30-28-26-24-22-21-23-25-27-29-31-33-37-41-45-49-53-57-61-65-71(76)73-69(68-74)70(75)64-60-56-52-48-44-40-36-18-16-14-12-10-8-6-4-2/h60,64,69-70,74-75H,3-59,61-63,65-68H2,1-2H3,(H,73,76)/b64-60+. The van der Waals surface area contributed by atoms with E-state index in [0.29, 0.717) is 19.4 Å². The molecule has 6 nitrogen and oxygen atoms in total. The lowest BCUT2D eigenvalue weighted by Crippen LogP contribution is -2.45. The molecule has 2 unspecified atom stereocenters. The number of rotatable bonds is 68. The number of nitrogens with one attached hydrogen (secondary N) is 1. The van der Waals surface area contributed by atoms with Crippen molar-refractivity contribution in [2.75, 3.05) is 13.2 Å². The normalized spacial score (nSPS) is 12.5. The number of hydrogen-bond donors (Lipinski definition) is 3. The van der Waals surface area contributed by atoms with Gasteiger partial charge in [-0.25, -0.2) is 0 Å². The summed E-state index contributed by atoms with van der Waals surface area (Å²) in [5.74, 6) is -0.0379. The van der Waals surface area contributed by atoms with Gasteiger partial charge in [0.1, 0.15) is 0 Å². The van der Waals surface area contributed by atoms with E-state index >= 15 is 0 Å². The third-order valence-electron chi connectivity index (χ3n) is 17.1. The van der Waals surface area contributed by atoms with E-state index in [1.165, 1.54) is 347 Å². The van der Waals surface area contributed by atoms with Crippen molar-refractivity contribution in [1.29, 1.82) is 0 Å². The van der Waals surface area contributed by atoms with E-state index in [9.17, 15) is 19.8 Å². The number of aliphatic hydroxyl groups excluding tert-OH is 2. The summed E-state index contributed by atoms with van der Waals surface area (Å²) in [6, 6.07) is -0.624. The number of carbonyl (C=O) groups is 2. The van der Waals surface area contributed by atoms with E-state index in [1.54, 1.807) is 6.08 Å². The van der Waals surface area contributed by atoms with Gasteiger partial charge in [0.2, 0.25) is 5.91 Å². The fourth-order valence-electron chi connectivity index (χ4n) is 11.6. The SMILES string of the molecule is CCCCCCCCCCCCCCC/C=C/C(O)C(CO)NC(=O)CCCCCCCCCCCCCCCCCCCCCCCCCCCCCCOC(=O)CCCCCCCCCCCCCCCCCCCC. The number of esters is 1. The summed E-state index contributed by atoms with van der Waals surface area (Å²) in [6.45, 7) is 4.95. The van der Waals surface area contributed by atoms with Crippen molar-refractivity contribution in [2.24, 2.45) is 0 Å². The van der Waals surface area contributed by atoms with Gasteiger partial charge in [-0.1, -0.05) is 379 Å². The van der Waals surface area contributed by atoms with E-state index in [2.05, 4.69) is 19.2 Å². The molecule has 0 bridgehead atoms. The summed E-state index contributed by atoms with van der Waals surface area (Å²) < 4.78 is 5.51. The molecule has 0 aromatic carbocycles. The zero-order valence-electron chi connectivity index (χ0n) is 53.2. The molecule has 0 spiro atoms. The Kier molecular flexibility index (Phi) is 66.9. The maximum absolute atomic E-state index is 12.5. The zero-order chi connectivity index (χ0) is 56.4. The Morgan fingerprint density at radius 1 is 0.346 bits per heavy atom. The Morgan fingerprint density at radius 2 is 0.590 bits per heavy atom. The van der Waals surface area contributed by atoms with Crippen LogP contribution < -0.4 is 5.32 Å². The van der Waals surface area contributed by atoms with Crippen LogP contribution in [0.4, 0.5) is 0 Å². The first kappa shape index (κ1) is 76.6. The Balaban J connectivity index is 3.33. The monoisotopic (exact) mass is 1100 g/mol. The van der Waals surface area contributed by atoms with Crippen LogP contribution >= 0.6 is 0 Å². The molecule has 464 valence electrons. The van der Waals surface area contributed by atoms with E-state index in [-0.39, 0.29) is 18.5 Å². The zero-order valence-corrected chi connectivity index (χ0v) is 53.2. The lowest BCUT2D eigenvalue weighted by molar-refractivity contribution is -0.143. The fourth-order valence-corrected chi connectivity index (χ4v) is 11.6. The molecule has 0 radical (unpaired) electrons. The number of carbonyl (C=O) groups excluding carboxylic acids is 2. The first-order valence-corrected chi connectivity index (χ1v) is 36.0. The van der Waals surface area contributed by atoms with Gasteiger partial charge in [-0.05, 0) is 32.1 Å². The molecule has 0 fully saturated rings. The smallest absolute Gasteiger partial charge is 0.305 e. The van der Waals surface area contributed by atoms with Crippen LogP contribution in [0.2, 0.25) is 0 Å². The van der Waals surface area contributed by atoms with Gasteiger partial charge in [0.05, 0.1) is 25.4 Å². The molecule has 0 saturated heterocycles. The molecule has 0 saturated carbocycles. The van der Waals surface area contributed by atoms with Crippen LogP contribution in [0.5, 0.6) is 0 Å². The molecule has 0 aromatic rings. The first-order valence-electron chi connectivity index (χ1n) is 36.0.